The van der Waals surface area contributed by atoms with Crippen LogP contribution in [-0.2, 0) is 0 Å². The van der Waals surface area contributed by atoms with Crippen molar-refractivity contribution < 1.29 is 0 Å². The first-order valence-electron chi connectivity index (χ1n) is 6.33. The minimum Gasteiger partial charge on any atom is -0.328 e. The first-order valence-corrected chi connectivity index (χ1v) is 6.33. The van der Waals surface area contributed by atoms with Crippen LogP contribution in [0.3, 0.4) is 0 Å². The van der Waals surface area contributed by atoms with Crippen LogP contribution in [0.2, 0.25) is 0 Å². The average molecular weight is 210 g/mol. The van der Waals surface area contributed by atoms with E-state index in [-0.39, 0.29) is 0 Å². The summed E-state index contributed by atoms with van der Waals surface area (Å²) < 4.78 is 0. The highest BCUT2D eigenvalue weighted by atomic mass is 15.1. The summed E-state index contributed by atoms with van der Waals surface area (Å²) in [6, 6.07) is 0.460. The van der Waals surface area contributed by atoms with Gasteiger partial charge in [0.1, 0.15) is 0 Å². The third-order valence-electron chi connectivity index (χ3n) is 5.39. The molecule has 2 nitrogen and oxygen atoms in total. The zero-order chi connectivity index (χ0) is 11.3. The fourth-order valence-corrected chi connectivity index (χ4v) is 3.18. The van der Waals surface area contributed by atoms with E-state index < -0.39 is 0 Å². The number of nitrogens with zero attached hydrogens (tertiary/aromatic N) is 1. The SMILES string of the molecule is CC1(C)C(CN2CCC(N)CC2)C1(C)C. The normalized spacial score (nSPS) is 31.8. The Morgan fingerprint density at radius 3 is 1.93 bits per heavy atom. The van der Waals surface area contributed by atoms with E-state index in [0.29, 0.717) is 16.9 Å². The van der Waals surface area contributed by atoms with Gasteiger partial charge in [0.15, 0.2) is 0 Å². The second kappa shape index (κ2) is 3.46. The minimum absolute atomic E-state index is 0.460. The maximum absolute atomic E-state index is 5.92. The molecule has 0 aromatic carbocycles. The number of rotatable bonds is 2. The van der Waals surface area contributed by atoms with E-state index in [1.807, 2.05) is 0 Å². The summed E-state index contributed by atoms with van der Waals surface area (Å²) in [5.41, 5.74) is 6.99. The Labute approximate surface area is 94.2 Å². The van der Waals surface area contributed by atoms with Gasteiger partial charge in [0, 0.05) is 12.6 Å². The zero-order valence-corrected chi connectivity index (χ0v) is 10.7. The quantitative estimate of drug-likeness (QED) is 0.756. The molecule has 0 spiro atoms. The molecule has 0 aromatic heterocycles. The maximum atomic E-state index is 5.92. The summed E-state index contributed by atoms with van der Waals surface area (Å²) in [5.74, 6) is 0.874. The standard InChI is InChI=1S/C13H26N2/c1-12(2)11(13(12,3)4)9-15-7-5-10(14)6-8-15/h10-11H,5-9,14H2,1-4H3. The summed E-state index contributed by atoms with van der Waals surface area (Å²) in [6.07, 6.45) is 2.38. The van der Waals surface area contributed by atoms with Gasteiger partial charge in [0.25, 0.3) is 0 Å². The third-order valence-corrected chi connectivity index (χ3v) is 5.39. The van der Waals surface area contributed by atoms with E-state index >= 15 is 0 Å². The lowest BCUT2D eigenvalue weighted by Gasteiger charge is -2.30. The smallest absolute Gasteiger partial charge is 0.00631 e. The van der Waals surface area contributed by atoms with Crippen LogP contribution in [0.25, 0.3) is 0 Å². The van der Waals surface area contributed by atoms with Gasteiger partial charge in [-0.15, -0.1) is 0 Å². The molecule has 2 heteroatoms. The summed E-state index contributed by atoms with van der Waals surface area (Å²) in [5, 5.41) is 0. The highest BCUT2D eigenvalue weighted by Crippen LogP contribution is 2.68. The van der Waals surface area contributed by atoms with Crippen LogP contribution >= 0.6 is 0 Å². The highest BCUT2D eigenvalue weighted by molar-refractivity contribution is 5.13. The molecule has 2 N–H and O–H groups in total. The molecule has 0 unspecified atom stereocenters. The van der Waals surface area contributed by atoms with Gasteiger partial charge in [-0.05, 0) is 42.7 Å². The van der Waals surface area contributed by atoms with Gasteiger partial charge in [0.05, 0.1) is 0 Å². The summed E-state index contributed by atoms with van der Waals surface area (Å²) in [7, 11) is 0. The molecule has 1 saturated carbocycles. The molecular formula is C13H26N2. The maximum Gasteiger partial charge on any atom is 0.00631 e. The average Bonchev–Trinajstić information content (AvgIpc) is 2.52. The summed E-state index contributed by atoms with van der Waals surface area (Å²) in [6.45, 7) is 13.3. The Bertz CT molecular complexity index is 223. The molecule has 88 valence electrons. The van der Waals surface area contributed by atoms with Gasteiger partial charge in [0.2, 0.25) is 0 Å². The molecule has 15 heavy (non-hydrogen) atoms. The van der Waals surface area contributed by atoms with Gasteiger partial charge in [-0.2, -0.15) is 0 Å². The van der Waals surface area contributed by atoms with Gasteiger partial charge in [-0.25, -0.2) is 0 Å². The predicted octanol–water partition coefficient (Wildman–Crippen LogP) is 2.09. The summed E-state index contributed by atoms with van der Waals surface area (Å²) >= 11 is 0. The van der Waals surface area contributed by atoms with Crippen molar-refractivity contribution >= 4 is 0 Å². The lowest BCUT2D eigenvalue weighted by atomic mass is 10.0. The van der Waals surface area contributed by atoms with Crippen LogP contribution in [0.15, 0.2) is 0 Å². The zero-order valence-electron chi connectivity index (χ0n) is 10.7. The highest BCUT2D eigenvalue weighted by Gasteiger charge is 2.64. The fourth-order valence-electron chi connectivity index (χ4n) is 3.18. The molecule has 2 rings (SSSR count). The number of nitrogens with two attached hydrogens (primary N) is 1. The minimum atomic E-state index is 0.460. The van der Waals surface area contributed by atoms with Gasteiger partial charge in [-0.1, -0.05) is 27.7 Å². The second-order valence-corrected chi connectivity index (χ2v) is 6.63. The largest absolute Gasteiger partial charge is 0.328 e. The Balaban J connectivity index is 1.85. The van der Waals surface area contributed by atoms with Crippen LogP contribution in [0, 0.1) is 16.7 Å². The molecule has 0 amide bonds. The molecule has 0 radical (unpaired) electrons. The first-order chi connectivity index (χ1) is 6.85. The number of hydrogen-bond donors (Lipinski definition) is 1. The molecule has 2 aliphatic rings. The van der Waals surface area contributed by atoms with E-state index in [1.165, 1.54) is 32.5 Å². The number of hydrogen-bond acceptors (Lipinski definition) is 2. The van der Waals surface area contributed by atoms with Crippen LogP contribution in [0.1, 0.15) is 40.5 Å². The third kappa shape index (κ3) is 1.83. The topological polar surface area (TPSA) is 29.3 Å². The van der Waals surface area contributed by atoms with Crippen molar-refractivity contribution in [3.8, 4) is 0 Å². The van der Waals surface area contributed by atoms with Crippen LogP contribution in [-0.4, -0.2) is 30.6 Å². The van der Waals surface area contributed by atoms with E-state index in [2.05, 4.69) is 32.6 Å². The van der Waals surface area contributed by atoms with Crippen molar-refractivity contribution in [1.82, 2.24) is 4.90 Å². The Morgan fingerprint density at radius 2 is 1.53 bits per heavy atom. The van der Waals surface area contributed by atoms with Crippen LogP contribution in [0.4, 0.5) is 0 Å². The van der Waals surface area contributed by atoms with E-state index in [1.54, 1.807) is 0 Å². The van der Waals surface area contributed by atoms with Crippen molar-refractivity contribution in [3.63, 3.8) is 0 Å². The monoisotopic (exact) mass is 210 g/mol. The Kier molecular flexibility index (Phi) is 2.63. The Morgan fingerprint density at radius 1 is 1.07 bits per heavy atom. The van der Waals surface area contributed by atoms with Crippen molar-refractivity contribution in [3.05, 3.63) is 0 Å². The number of piperidine rings is 1. The molecule has 0 bridgehead atoms. The van der Waals surface area contributed by atoms with Crippen LogP contribution < -0.4 is 5.73 Å². The van der Waals surface area contributed by atoms with Gasteiger partial charge >= 0.3 is 0 Å². The van der Waals surface area contributed by atoms with Crippen molar-refractivity contribution in [2.75, 3.05) is 19.6 Å². The Hall–Kier alpha value is -0.0800. The van der Waals surface area contributed by atoms with E-state index in [9.17, 15) is 0 Å². The lowest BCUT2D eigenvalue weighted by molar-refractivity contribution is 0.194. The molecule has 0 aromatic rings. The molecule has 1 heterocycles. The summed E-state index contributed by atoms with van der Waals surface area (Å²) in [4.78, 5) is 2.62. The second-order valence-electron chi connectivity index (χ2n) is 6.63. The number of likely N-dealkylation sites (tertiary alicyclic amines) is 1. The van der Waals surface area contributed by atoms with Crippen molar-refractivity contribution in [1.29, 1.82) is 0 Å². The van der Waals surface area contributed by atoms with Gasteiger partial charge in [-0.3, -0.25) is 0 Å². The lowest BCUT2D eigenvalue weighted by Crippen LogP contribution is -2.41. The van der Waals surface area contributed by atoms with Crippen molar-refractivity contribution in [2.24, 2.45) is 22.5 Å². The first kappa shape index (κ1) is 11.4. The molecule has 1 aliphatic heterocycles. The van der Waals surface area contributed by atoms with E-state index in [0.717, 1.165) is 5.92 Å². The van der Waals surface area contributed by atoms with Crippen LogP contribution in [0.5, 0.6) is 0 Å². The van der Waals surface area contributed by atoms with Gasteiger partial charge < -0.3 is 10.6 Å². The molecule has 1 aliphatic carbocycles. The molecule has 2 fully saturated rings. The fraction of sp³-hybridized carbons (Fsp3) is 1.00. The van der Waals surface area contributed by atoms with E-state index in [4.69, 9.17) is 5.73 Å². The predicted molar refractivity (Wildman–Crippen MR) is 64.7 cm³/mol. The molecular weight excluding hydrogens is 184 g/mol. The molecule has 0 atom stereocenters. The van der Waals surface area contributed by atoms with Crippen molar-refractivity contribution in [2.45, 2.75) is 46.6 Å². The molecule has 1 saturated heterocycles.